The highest BCUT2D eigenvalue weighted by Gasteiger charge is 2.28. The van der Waals surface area contributed by atoms with Gasteiger partial charge >= 0.3 is 0 Å². The number of thiophene rings is 1. The molecule has 1 amide bonds. The lowest BCUT2D eigenvalue weighted by atomic mass is 10.1. The Balaban J connectivity index is 1.92. The Morgan fingerprint density at radius 3 is 2.57 bits per heavy atom. The molecule has 1 fully saturated rings. The van der Waals surface area contributed by atoms with Gasteiger partial charge in [0, 0.05) is 19.1 Å². The summed E-state index contributed by atoms with van der Waals surface area (Å²) < 4.78 is 25.0. The van der Waals surface area contributed by atoms with Gasteiger partial charge in [0.2, 0.25) is 10.0 Å². The lowest BCUT2D eigenvalue weighted by Gasteiger charge is -2.31. The Morgan fingerprint density at radius 1 is 1.48 bits per heavy atom. The van der Waals surface area contributed by atoms with Gasteiger partial charge in [-0.05, 0) is 37.6 Å². The first kappa shape index (κ1) is 16.7. The fraction of sp³-hybridized carbons (Fsp3) is 0.615. The van der Waals surface area contributed by atoms with Crippen LogP contribution < -0.4 is 5.32 Å². The molecule has 0 unspecified atom stereocenters. The van der Waals surface area contributed by atoms with Gasteiger partial charge in [0.1, 0.15) is 4.88 Å². The van der Waals surface area contributed by atoms with Gasteiger partial charge in [0.05, 0.1) is 10.8 Å². The zero-order chi connectivity index (χ0) is 15.6. The van der Waals surface area contributed by atoms with Gasteiger partial charge in [0.25, 0.3) is 5.91 Å². The van der Waals surface area contributed by atoms with E-state index < -0.39 is 10.0 Å². The third-order valence-electron chi connectivity index (χ3n) is 3.65. The molecule has 0 atom stereocenters. The van der Waals surface area contributed by atoms with Crippen LogP contribution in [0, 0.1) is 6.92 Å². The molecule has 1 aromatic heterocycles. The third kappa shape index (κ3) is 3.77. The van der Waals surface area contributed by atoms with Crippen molar-refractivity contribution in [3.63, 3.8) is 0 Å². The molecule has 1 N–H and O–H groups in total. The molecule has 2 rings (SSSR count). The number of carbonyl (C=O) groups excluding carboxylic acids is 1. The van der Waals surface area contributed by atoms with Crippen LogP contribution in [0.4, 0.5) is 0 Å². The van der Waals surface area contributed by atoms with Crippen molar-refractivity contribution in [2.45, 2.75) is 32.7 Å². The molecular weight excluding hydrogens is 332 g/mol. The van der Waals surface area contributed by atoms with Crippen molar-refractivity contribution in [1.29, 1.82) is 0 Å². The summed E-state index contributed by atoms with van der Waals surface area (Å²) in [6.45, 7) is 4.42. The Bertz CT molecular complexity index is 619. The van der Waals surface area contributed by atoms with E-state index in [0.29, 0.717) is 35.8 Å². The fourth-order valence-electron chi connectivity index (χ4n) is 2.29. The highest BCUT2D eigenvalue weighted by molar-refractivity contribution is 7.89. The van der Waals surface area contributed by atoms with Crippen LogP contribution in [0.15, 0.2) is 5.38 Å². The number of nitrogens with one attached hydrogen (secondary N) is 1. The largest absolute Gasteiger partial charge is 0.348 e. The summed E-state index contributed by atoms with van der Waals surface area (Å²) in [7, 11) is -3.13. The minimum absolute atomic E-state index is 0.000668. The summed E-state index contributed by atoms with van der Waals surface area (Å²) in [5, 5.41) is 5.30. The molecule has 1 saturated heterocycles. The predicted octanol–water partition coefficient (Wildman–Crippen LogP) is 2.25. The van der Waals surface area contributed by atoms with E-state index >= 15 is 0 Å². The zero-order valence-corrected chi connectivity index (χ0v) is 14.4. The minimum Gasteiger partial charge on any atom is -0.348 e. The van der Waals surface area contributed by atoms with E-state index in [1.165, 1.54) is 15.6 Å². The Morgan fingerprint density at radius 2 is 2.10 bits per heavy atom. The van der Waals surface area contributed by atoms with Gasteiger partial charge in [-0.25, -0.2) is 12.7 Å². The Labute approximate surface area is 134 Å². The maximum absolute atomic E-state index is 12.2. The standard InChI is InChI=1S/C13H19ClN2O3S2/c1-3-21(18,19)16-6-4-10(5-7-16)15-13(17)12-11(14)9(2)8-20-12/h8,10H,3-7H2,1-2H3,(H,15,17). The lowest BCUT2D eigenvalue weighted by Crippen LogP contribution is -2.46. The molecule has 0 radical (unpaired) electrons. The summed E-state index contributed by atoms with van der Waals surface area (Å²) in [5.74, 6) is -0.0522. The third-order valence-corrected chi connectivity index (χ3v) is 7.23. The molecule has 0 saturated carbocycles. The summed E-state index contributed by atoms with van der Waals surface area (Å²) >= 11 is 7.42. The van der Waals surface area contributed by atoms with Crippen molar-refractivity contribution >= 4 is 38.9 Å². The summed E-state index contributed by atoms with van der Waals surface area (Å²) in [4.78, 5) is 12.7. The smallest absolute Gasteiger partial charge is 0.263 e. The molecular formula is C13H19ClN2O3S2. The summed E-state index contributed by atoms with van der Waals surface area (Å²) in [6, 6.07) is -0.000668. The number of hydrogen-bond donors (Lipinski definition) is 1. The number of amides is 1. The van der Waals surface area contributed by atoms with Gasteiger partial charge in [-0.3, -0.25) is 4.79 Å². The number of carbonyl (C=O) groups is 1. The van der Waals surface area contributed by atoms with E-state index in [9.17, 15) is 13.2 Å². The maximum atomic E-state index is 12.2. The Kier molecular flexibility index (Phi) is 5.29. The maximum Gasteiger partial charge on any atom is 0.263 e. The first-order valence-corrected chi connectivity index (χ1v) is 9.74. The SMILES string of the molecule is CCS(=O)(=O)N1CCC(NC(=O)c2scc(C)c2Cl)CC1. The molecule has 0 bridgehead atoms. The molecule has 118 valence electrons. The van der Waals surface area contributed by atoms with Gasteiger partial charge in [-0.2, -0.15) is 0 Å². The molecule has 21 heavy (non-hydrogen) atoms. The zero-order valence-electron chi connectivity index (χ0n) is 12.1. The lowest BCUT2D eigenvalue weighted by molar-refractivity contribution is 0.0928. The highest BCUT2D eigenvalue weighted by atomic mass is 35.5. The molecule has 2 heterocycles. The van der Waals surface area contributed by atoms with Crippen molar-refractivity contribution in [3.8, 4) is 0 Å². The van der Waals surface area contributed by atoms with Crippen molar-refractivity contribution in [2.24, 2.45) is 0 Å². The van der Waals surface area contributed by atoms with Crippen molar-refractivity contribution < 1.29 is 13.2 Å². The van der Waals surface area contributed by atoms with Crippen LogP contribution in [0.5, 0.6) is 0 Å². The first-order chi connectivity index (χ1) is 9.85. The molecule has 0 spiro atoms. The second-order valence-electron chi connectivity index (χ2n) is 5.11. The van der Waals surface area contributed by atoms with Crippen molar-refractivity contribution in [3.05, 3.63) is 20.8 Å². The van der Waals surface area contributed by atoms with Crippen LogP contribution in [0.1, 0.15) is 35.0 Å². The van der Waals surface area contributed by atoms with Gasteiger partial charge in [-0.1, -0.05) is 11.6 Å². The predicted molar refractivity (Wildman–Crippen MR) is 85.6 cm³/mol. The van der Waals surface area contributed by atoms with Crippen molar-refractivity contribution in [1.82, 2.24) is 9.62 Å². The topological polar surface area (TPSA) is 66.5 Å². The average Bonchev–Trinajstić information content (AvgIpc) is 2.79. The molecule has 0 aromatic carbocycles. The number of hydrogen-bond acceptors (Lipinski definition) is 4. The van der Waals surface area contributed by atoms with Gasteiger partial charge in [-0.15, -0.1) is 11.3 Å². The number of piperidine rings is 1. The molecule has 8 heteroatoms. The molecule has 1 aliphatic rings. The van der Waals surface area contributed by atoms with Gasteiger partial charge in [0.15, 0.2) is 0 Å². The van der Waals surface area contributed by atoms with E-state index in [2.05, 4.69) is 5.32 Å². The number of rotatable bonds is 4. The quantitative estimate of drug-likeness (QED) is 0.905. The Hall–Kier alpha value is -0.630. The summed E-state index contributed by atoms with van der Waals surface area (Å²) in [6.07, 6.45) is 1.26. The monoisotopic (exact) mass is 350 g/mol. The van der Waals surface area contributed by atoms with Crippen molar-refractivity contribution in [2.75, 3.05) is 18.8 Å². The molecule has 1 aliphatic heterocycles. The van der Waals surface area contributed by atoms with Gasteiger partial charge < -0.3 is 5.32 Å². The summed E-state index contributed by atoms with van der Waals surface area (Å²) in [5.41, 5.74) is 0.899. The van der Waals surface area contributed by atoms with Crippen LogP contribution in [-0.4, -0.2) is 43.5 Å². The normalized spacial score (nSPS) is 17.9. The molecule has 1 aromatic rings. The van der Waals surface area contributed by atoms with Crippen LogP contribution in [0.3, 0.4) is 0 Å². The van der Waals surface area contributed by atoms with E-state index in [1.807, 2.05) is 12.3 Å². The minimum atomic E-state index is -3.13. The average molecular weight is 351 g/mol. The van der Waals surface area contributed by atoms with Crippen LogP contribution in [0.25, 0.3) is 0 Å². The molecule has 0 aliphatic carbocycles. The first-order valence-electron chi connectivity index (χ1n) is 6.87. The van der Waals surface area contributed by atoms with E-state index in [0.717, 1.165) is 5.56 Å². The van der Waals surface area contributed by atoms with Crippen LogP contribution in [-0.2, 0) is 10.0 Å². The second-order valence-corrected chi connectivity index (χ2v) is 8.62. The fourth-order valence-corrected chi connectivity index (χ4v) is 4.61. The highest BCUT2D eigenvalue weighted by Crippen LogP contribution is 2.27. The van der Waals surface area contributed by atoms with E-state index in [4.69, 9.17) is 11.6 Å². The van der Waals surface area contributed by atoms with Crippen LogP contribution >= 0.6 is 22.9 Å². The number of halogens is 1. The number of aryl methyl sites for hydroxylation is 1. The van der Waals surface area contributed by atoms with E-state index in [-0.39, 0.29) is 17.7 Å². The number of nitrogens with zero attached hydrogens (tertiary/aromatic N) is 1. The van der Waals surface area contributed by atoms with Crippen LogP contribution in [0.2, 0.25) is 5.02 Å². The molecule has 5 nitrogen and oxygen atoms in total. The van der Waals surface area contributed by atoms with E-state index in [1.54, 1.807) is 6.92 Å². The number of sulfonamides is 1. The second kappa shape index (κ2) is 6.64.